The maximum absolute atomic E-state index is 9.03. The molecule has 1 unspecified atom stereocenters. The molecule has 2 rings (SSSR count). The average Bonchev–Trinajstić information content (AvgIpc) is 2.82. The van der Waals surface area contributed by atoms with Crippen LogP contribution in [-0.2, 0) is 6.54 Å². The van der Waals surface area contributed by atoms with E-state index in [1.165, 1.54) is 0 Å². The lowest BCUT2D eigenvalue weighted by atomic mass is 10.2. The van der Waals surface area contributed by atoms with Crippen LogP contribution in [0.2, 0.25) is 0 Å². The van der Waals surface area contributed by atoms with E-state index < -0.39 is 0 Å². The standard InChI is InChI=1S/C13H15N5/c1-10-3-4-12(7-14)13(16-10)17-11(2)8-18-6-5-15-9-18/h3-6,9,11H,8H2,1-2H3,(H,16,17). The van der Waals surface area contributed by atoms with E-state index in [1.807, 2.05) is 30.7 Å². The Morgan fingerprint density at radius 2 is 2.33 bits per heavy atom. The molecule has 0 saturated carbocycles. The molecule has 0 radical (unpaired) electrons. The quantitative estimate of drug-likeness (QED) is 0.888. The van der Waals surface area contributed by atoms with Crippen LogP contribution >= 0.6 is 0 Å². The molecule has 0 saturated heterocycles. The molecule has 1 N–H and O–H groups in total. The Labute approximate surface area is 106 Å². The van der Waals surface area contributed by atoms with Gasteiger partial charge in [0.25, 0.3) is 0 Å². The molecular weight excluding hydrogens is 226 g/mol. The van der Waals surface area contributed by atoms with Crippen LogP contribution in [0.15, 0.2) is 30.9 Å². The SMILES string of the molecule is Cc1ccc(C#N)c(NC(C)Cn2ccnc2)n1. The topological polar surface area (TPSA) is 66.5 Å². The lowest BCUT2D eigenvalue weighted by Crippen LogP contribution is -2.22. The van der Waals surface area contributed by atoms with Crippen molar-refractivity contribution in [2.45, 2.75) is 26.4 Å². The van der Waals surface area contributed by atoms with Crippen LogP contribution in [0, 0.1) is 18.3 Å². The molecule has 5 nitrogen and oxygen atoms in total. The molecule has 0 aliphatic heterocycles. The number of rotatable bonds is 4. The third-order valence-corrected chi connectivity index (χ3v) is 2.58. The molecule has 0 fully saturated rings. The number of pyridine rings is 1. The van der Waals surface area contributed by atoms with E-state index in [1.54, 1.807) is 18.6 Å². The Balaban J connectivity index is 2.09. The normalized spacial score (nSPS) is 11.8. The van der Waals surface area contributed by atoms with Crippen molar-refractivity contribution in [2.75, 3.05) is 5.32 Å². The van der Waals surface area contributed by atoms with Gasteiger partial charge >= 0.3 is 0 Å². The molecule has 0 aliphatic rings. The maximum atomic E-state index is 9.03. The number of imidazole rings is 1. The van der Waals surface area contributed by atoms with Gasteiger partial charge in [-0.05, 0) is 26.0 Å². The molecule has 1 atom stereocenters. The van der Waals surface area contributed by atoms with Crippen molar-refractivity contribution >= 4 is 5.82 Å². The zero-order chi connectivity index (χ0) is 13.0. The van der Waals surface area contributed by atoms with Crippen LogP contribution in [0.3, 0.4) is 0 Å². The first kappa shape index (κ1) is 12.1. The highest BCUT2D eigenvalue weighted by molar-refractivity contribution is 5.52. The zero-order valence-electron chi connectivity index (χ0n) is 10.5. The van der Waals surface area contributed by atoms with Gasteiger partial charge in [0.05, 0.1) is 11.9 Å². The second-order valence-electron chi connectivity index (χ2n) is 4.27. The van der Waals surface area contributed by atoms with Gasteiger partial charge in [0.2, 0.25) is 0 Å². The van der Waals surface area contributed by atoms with Gasteiger partial charge in [-0.1, -0.05) is 0 Å². The summed E-state index contributed by atoms with van der Waals surface area (Å²) >= 11 is 0. The number of nitrogens with zero attached hydrogens (tertiary/aromatic N) is 4. The molecule has 0 aromatic carbocycles. The van der Waals surface area contributed by atoms with Crippen LogP contribution in [0.4, 0.5) is 5.82 Å². The lowest BCUT2D eigenvalue weighted by molar-refractivity contribution is 0.616. The molecule has 2 aromatic rings. The van der Waals surface area contributed by atoms with E-state index in [9.17, 15) is 0 Å². The first-order chi connectivity index (χ1) is 8.69. The Morgan fingerprint density at radius 3 is 3.00 bits per heavy atom. The van der Waals surface area contributed by atoms with Gasteiger partial charge < -0.3 is 9.88 Å². The molecule has 0 aliphatic carbocycles. The summed E-state index contributed by atoms with van der Waals surface area (Å²) in [5.74, 6) is 0.644. The number of aryl methyl sites for hydroxylation is 1. The van der Waals surface area contributed by atoms with Gasteiger partial charge in [-0.2, -0.15) is 5.26 Å². The molecule has 5 heteroatoms. The van der Waals surface area contributed by atoms with E-state index in [2.05, 4.69) is 21.4 Å². The molecule has 92 valence electrons. The summed E-state index contributed by atoms with van der Waals surface area (Å²) in [6.07, 6.45) is 5.43. The lowest BCUT2D eigenvalue weighted by Gasteiger charge is -2.16. The van der Waals surface area contributed by atoms with Crippen LogP contribution in [-0.4, -0.2) is 20.6 Å². The van der Waals surface area contributed by atoms with Crippen molar-refractivity contribution in [2.24, 2.45) is 0 Å². The molecule has 0 amide bonds. The second kappa shape index (κ2) is 5.32. The summed E-state index contributed by atoms with van der Waals surface area (Å²) < 4.78 is 1.99. The van der Waals surface area contributed by atoms with Crippen LogP contribution in [0.1, 0.15) is 18.2 Å². The molecule has 2 aromatic heterocycles. The van der Waals surface area contributed by atoms with E-state index in [0.717, 1.165) is 12.2 Å². The average molecular weight is 241 g/mol. The Morgan fingerprint density at radius 1 is 1.50 bits per heavy atom. The first-order valence-electron chi connectivity index (χ1n) is 5.79. The highest BCUT2D eigenvalue weighted by Crippen LogP contribution is 2.13. The minimum absolute atomic E-state index is 0.167. The smallest absolute Gasteiger partial charge is 0.144 e. The Hall–Kier alpha value is -2.35. The predicted octanol–water partition coefficient (Wildman–Crippen LogP) is 1.96. The van der Waals surface area contributed by atoms with Crippen LogP contribution < -0.4 is 5.32 Å². The minimum atomic E-state index is 0.167. The number of hydrogen-bond donors (Lipinski definition) is 1. The summed E-state index contributed by atoms with van der Waals surface area (Å²) in [6, 6.07) is 5.93. The van der Waals surface area contributed by atoms with Gasteiger partial charge in [0, 0.05) is 30.7 Å². The fourth-order valence-corrected chi connectivity index (χ4v) is 1.75. The Bertz CT molecular complexity index is 553. The molecule has 0 bridgehead atoms. The van der Waals surface area contributed by atoms with Crippen LogP contribution in [0.25, 0.3) is 0 Å². The van der Waals surface area contributed by atoms with Gasteiger partial charge in [-0.3, -0.25) is 0 Å². The van der Waals surface area contributed by atoms with Crippen LogP contribution in [0.5, 0.6) is 0 Å². The summed E-state index contributed by atoms with van der Waals surface area (Å²) in [7, 11) is 0. The zero-order valence-corrected chi connectivity index (χ0v) is 10.5. The number of hydrogen-bond acceptors (Lipinski definition) is 4. The minimum Gasteiger partial charge on any atom is -0.365 e. The molecule has 18 heavy (non-hydrogen) atoms. The predicted molar refractivity (Wildman–Crippen MR) is 69.0 cm³/mol. The van der Waals surface area contributed by atoms with Crippen molar-refractivity contribution in [3.63, 3.8) is 0 Å². The summed E-state index contributed by atoms with van der Waals surface area (Å²) in [6.45, 7) is 4.73. The fraction of sp³-hybridized carbons (Fsp3) is 0.308. The molecule has 0 spiro atoms. The van der Waals surface area contributed by atoms with Gasteiger partial charge in [0.15, 0.2) is 0 Å². The molecular formula is C13H15N5. The number of aromatic nitrogens is 3. The third-order valence-electron chi connectivity index (χ3n) is 2.58. The largest absolute Gasteiger partial charge is 0.365 e. The first-order valence-corrected chi connectivity index (χ1v) is 5.79. The van der Waals surface area contributed by atoms with E-state index >= 15 is 0 Å². The summed E-state index contributed by atoms with van der Waals surface area (Å²) in [4.78, 5) is 8.35. The highest BCUT2D eigenvalue weighted by Gasteiger charge is 2.08. The van der Waals surface area contributed by atoms with Gasteiger partial charge in [0.1, 0.15) is 11.9 Å². The van der Waals surface area contributed by atoms with E-state index in [4.69, 9.17) is 5.26 Å². The maximum Gasteiger partial charge on any atom is 0.144 e. The number of anilines is 1. The van der Waals surface area contributed by atoms with Crippen molar-refractivity contribution in [3.8, 4) is 6.07 Å². The van der Waals surface area contributed by atoms with Gasteiger partial charge in [-0.25, -0.2) is 9.97 Å². The van der Waals surface area contributed by atoms with Crippen molar-refractivity contribution < 1.29 is 0 Å². The van der Waals surface area contributed by atoms with E-state index in [-0.39, 0.29) is 6.04 Å². The highest BCUT2D eigenvalue weighted by atomic mass is 15.1. The van der Waals surface area contributed by atoms with E-state index in [0.29, 0.717) is 11.4 Å². The van der Waals surface area contributed by atoms with Crippen molar-refractivity contribution in [1.82, 2.24) is 14.5 Å². The monoisotopic (exact) mass is 241 g/mol. The van der Waals surface area contributed by atoms with Crippen molar-refractivity contribution in [1.29, 1.82) is 5.26 Å². The summed E-state index contributed by atoms with van der Waals surface area (Å²) in [5.41, 5.74) is 1.46. The summed E-state index contributed by atoms with van der Waals surface area (Å²) in [5, 5.41) is 12.3. The third kappa shape index (κ3) is 2.86. The second-order valence-corrected chi connectivity index (χ2v) is 4.27. The Kier molecular flexibility index (Phi) is 3.58. The number of nitrogens with one attached hydrogen (secondary N) is 1. The van der Waals surface area contributed by atoms with Crippen molar-refractivity contribution in [3.05, 3.63) is 42.1 Å². The molecule has 2 heterocycles. The number of nitriles is 1. The fourth-order valence-electron chi connectivity index (χ4n) is 1.75. The van der Waals surface area contributed by atoms with Gasteiger partial charge in [-0.15, -0.1) is 0 Å².